The Balaban J connectivity index is 0.00000180. The van der Waals surface area contributed by atoms with Gasteiger partial charge in [0, 0.05) is 20.4 Å². The largest absolute Gasteiger partial charge is 0.469 e. The Labute approximate surface area is 129 Å². The molecule has 2 nitrogen and oxygen atoms in total. The minimum atomic E-state index is -0.0420. The van der Waals surface area contributed by atoms with Crippen LogP contribution in [0.4, 0.5) is 0 Å². The molecule has 1 aliphatic rings. The molecule has 3 heteroatoms. The van der Waals surface area contributed by atoms with E-state index in [-0.39, 0.29) is 38.4 Å². The third-order valence-electron chi connectivity index (χ3n) is 3.47. The molecule has 0 unspecified atom stereocenters. The molecule has 0 amide bonds. The van der Waals surface area contributed by atoms with Gasteiger partial charge >= 0.3 is 5.97 Å². The van der Waals surface area contributed by atoms with E-state index in [1.807, 2.05) is 18.2 Å². The van der Waals surface area contributed by atoms with Crippen LogP contribution in [0, 0.1) is 17.8 Å². The van der Waals surface area contributed by atoms with Crippen molar-refractivity contribution < 1.29 is 30.0 Å². The van der Waals surface area contributed by atoms with Crippen LogP contribution in [0.25, 0.3) is 0 Å². The molecule has 0 aliphatic carbocycles. The van der Waals surface area contributed by atoms with Crippen molar-refractivity contribution in [1.29, 1.82) is 0 Å². The fourth-order valence-electron chi connectivity index (χ4n) is 2.53. The van der Waals surface area contributed by atoms with Gasteiger partial charge in [0.1, 0.15) is 0 Å². The number of hydrogen-bond donors (Lipinski definition) is 0. The molecule has 0 N–H and O–H groups in total. The molecule has 1 aromatic rings. The Hall–Kier alpha value is -0.778. The Morgan fingerprint density at radius 2 is 1.89 bits per heavy atom. The van der Waals surface area contributed by atoms with Gasteiger partial charge in [-0.05, 0) is 6.42 Å². The first-order valence-electron chi connectivity index (χ1n) is 6.75. The Kier molecular flexibility index (Phi) is 6.10. The molecule has 1 fully saturated rings. The van der Waals surface area contributed by atoms with Gasteiger partial charge in [-0.25, -0.2) is 0 Å². The third kappa shape index (κ3) is 3.62. The van der Waals surface area contributed by atoms with Crippen LogP contribution < -0.4 is 0 Å². The SMILES string of the molecule is CC[C@@H]1C(=O)O[C@@H]1[C-](CC(C)C)c1ccccc1.[Pd]. The molecule has 0 saturated carbocycles. The van der Waals surface area contributed by atoms with Crippen LogP contribution in [-0.4, -0.2) is 12.1 Å². The molecule has 0 bridgehead atoms. The van der Waals surface area contributed by atoms with E-state index in [0.717, 1.165) is 12.8 Å². The maximum Gasteiger partial charge on any atom is 0.311 e. The van der Waals surface area contributed by atoms with Crippen molar-refractivity contribution in [2.45, 2.75) is 39.7 Å². The van der Waals surface area contributed by atoms with E-state index in [4.69, 9.17) is 4.74 Å². The average Bonchev–Trinajstić information content (AvgIpc) is 2.35. The number of carbonyl (C=O) groups excluding carboxylic acids is 1. The Morgan fingerprint density at radius 1 is 1.26 bits per heavy atom. The molecule has 19 heavy (non-hydrogen) atoms. The van der Waals surface area contributed by atoms with Crippen LogP contribution in [0.3, 0.4) is 0 Å². The van der Waals surface area contributed by atoms with Crippen LogP contribution in [0.2, 0.25) is 0 Å². The summed E-state index contributed by atoms with van der Waals surface area (Å²) in [7, 11) is 0. The van der Waals surface area contributed by atoms with E-state index in [0.29, 0.717) is 5.92 Å². The van der Waals surface area contributed by atoms with Gasteiger partial charge in [-0.3, -0.25) is 4.79 Å². The van der Waals surface area contributed by atoms with Crippen molar-refractivity contribution >= 4 is 5.97 Å². The molecule has 0 spiro atoms. The van der Waals surface area contributed by atoms with E-state index in [1.165, 1.54) is 11.5 Å². The van der Waals surface area contributed by atoms with Gasteiger partial charge in [0.15, 0.2) is 0 Å². The minimum Gasteiger partial charge on any atom is -0.469 e. The van der Waals surface area contributed by atoms with Gasteiger partial charge in [-0.15, -0.1) is 18.1 Å². The monoisotopic (exact) mass is 351 g/mol. The maximum absolute atomic E-state index is 11.5. The molecule has 2 rings (SSSR count). The van der Waals surface area contributed by atoms with Gasteiger partial charge in [-0.1, -0.05) is 39.2 Å². The summed E-state index contributed by atoms with van der Waals surface area (Å²) in [4.78, 5) is 11.5. The fraction of sp³-hybridized carbons (Fsp3) is 0.500. The number of ether oxygens (including phenoxy) is 1. The van der Waals surface area contributed by atoms with Gasteiger partial charge < -0.3 is 4.74 Å². The normalized spacial score (nSPS) is 21.4. The second-order valence-corrected chi connectivity index (χ2v) is 5.36. The summed E-state index contributed by atoms with van der Waals surface area (Å²) in [6, 6.07) is 10.3. The summed E-state index contributed by atoms with van der Waals surface area (Å²) in [5.74, 6) is 1.85. The first-order chi connectivity index (χ1) is 8.63. The summed E-state index contributed by atoms with van der Waals surface area (Å²) < 4.78 is 5.38. The summed E-state index contributed by atoms with van der Waals surface area (Å²) in [6.45, 7) is 6.45. The summed E-state index contributed by atoms with van der Waals surface area (Å²) >= 11 is 0. The Bertz CT molecular complexity index is 402. The topological polar surface area (TPSA) is 26.3 Å². The first kappa shape index (κ1) is 16.3. The number of esters is 1. The third-order valence-corrected chi connectivity index (χ3v) is 3.47. The zero-order chi connectivity index (χ0) is 13.1. The molecule has 1 heterocycles. The molecular weight excluding hydrogens is 331 g/mol. The summed E-state index contributed by atoms with van der Waals surface area (Å²) in [5, 5.41) is 0. The molecule has 0 aromatic heterocycles. The molecule has 1 saturated heterocycles. The van der Waals surface area contributed by atoms with Gasteiger partial charge in [-0.2, -0.15) is 17.7 Å². The van der Waals surface area contributed by atoms with Crippen molar-refractivity contribution in [2.24, 2.45) is 11.8 Å². The van der Waals surface area contributed by atoms with E-state index in [2.05, 4.69) is 32.9 Å². The molecular formula is C16H21O2Pd-. The smallest absolute Gasteiger partial charge is 0.311 e. The van der Waals surface area contributed by atoms with Crippen LogP contribution in [0.5, 0.6) is 0 Å². The first-order valence-corrected chi connectivity index (χ1v) is 6.75. The molecule has 1 aromatic carbocycles. The van der Waals surface area contributed by atoms with E-state index < -0.39 is 0 Å². The Morgan fingerprint density at radius 3 is 2.37 bits per heavy atom. The summed E-state index contributed by atoms with van der Waals surface area (Å²) in [5.41, 5.74) is 1.21. The van der Waals surface area contributed by atoms with Crippen LogP contribution >= 0.6 is 0 Å². The number of rotatable bonds is 5. The zero-order valence-corrected chi connectivity index (χ0v) is 13.2. The molecule has 2 atom stereocenters. The fourth-order valence-corrected chi connectivity index (χ4v) is 2.53. The van der Waals surface area contributed by atoms with Crippen LogP contribution in [-0.2, 0) is 30.0 Å². The van der Waals surface area contributed by atoms with Crippen molar-refractivity contribution in [1.82, 2.24) is 0 Å². The predicted octanol–water partition coefficient (Wildman–Crippen LogP) is 3.60. The standard InChI is InChI=1S/C16H21O2.Pd/c1-4-13-15(18-16(13)17)14(10-11(2)3)12-8-6-5-7-9-12;/h5-9,11,13,15H,4,10H2,1-3H3;/q-1;/t13-,15-;/m0./s1. The summed E-state index contributed by atoms with van der Waals surface area (Å²) in [6.07, 6.45) is 1.84. The second kappa shape index (κ2) is 7.12. The van der Waals surface area contributed by atoms with Gasteiger partial charge in [0.25, 0.3) is 0 Å². The van der Waals surface area contributed by atoms with E-state index in [1.54, 1.807) is 0 Å². The van der Waals surface area contributed by atoms with E-state index >= 15 is 0 Å². The van der Waals surface area contributed by atoms with Gasteiger partial charge in [0.2, 0.25) is 0 Å². The van der Waals surface area contributed by atoms with Crippen molar-refractivity contribution in [2.75, 3.05) is 0 Å². The van der Waals surface area contributed by atoms with Crippen LogP contribution in [0.15, 0.2) is 30.3 Å². The van der Waals surface area contributed by atoms with E-state index in [9.17, 15) is 4.79 Å². The zero-order valence-electron chi connectivity index (χ0n) is 11.7. The second-order valence-electron chi connectivity index (χ2n) is 5.36. The van der Waals surface area contributed by atoms with Crippen LogP contribution in [0.1, 0.15) is 39.2 Å². The average molecular weight is 352 g/mol. The predicted molar refractivity (Wildman–Crippen MR) is 71.9 cm³/mol. The number of benzene rings is 1. The molecule has 0 radical (unpaired) electrons. The molecule has 108 valence electrons. The number of carbonyl (C=O) groups is 1. The molecule has 1 aliphatic heterocycles. The van der Waals surface area contributed by atoms with Crippen molar-refractivity contribution in [3.05, 3.63) is 41.8 Å². The maximum atomic E-state index is 11.5. The number of cyclic esters (lactones) is 1. The quantitative estimate of drug-likeness (QED) is 0.460. The number of hydrogen-bond acceptors (Lipinski definition) is 2. The van der Waals surface area contributed by atoms with Crippen molar-refractivity contribution in [3.63, 3.8) is 0 Å². The van der Waals surface area contributed by atoms with Crippen molar-refractivity contribution in [3.8, 4) is 0 Å². The van der Waals surface area contributed by atoms with Gasteiger partial charge in [0.05, 0.1) is 12.0 Å². The minimum absolute atomic E-state index is 0.